The van der Waals surface area contributed by atoms with Gasteiger partial charge in [-0.25, -0.2) is 14.8 Å². The van der Waals surface area contributed by atoms with Crippen LogP contribution >= 0.6 is 11.3 Å². The minimum absolute atomic E-state index is 0.158. The summed E-state index contributed by atoms with van der Waals surface area (Å²) in [5.74, 6) is 0.595. The van der Waals surface area contributed by atoms with Crippen LogP contribution in [0.1, 0.15) is 31.3 Å². The number of thiazole rings is 1. The van der Waals surface area contributed by atoms with Crippen LogP contribution in [0.3, 0.4) is 0 Å². The summed E-state index contributed by atoms with van der Waals surface area (Å²) < 4.78 is 11.4. The number of morpholine rings is 1. The van der Waals surface area contributed by atoms with Crippen molar-refractivity contribution in [3.05, 3.63) is 35.0 Å². The Balaban J connectivity index is 1.81. The quantitative estimate of drug-likeness (QED) is 0.805. The summed E-state index contributed by atoms with van der Waals surface area (Å²) >= 11 is 1.53. The van der Waals surface area contributed by atoms with E-state index in [1.807, 2.05) is 39.8 Å². The lowest BCUT2D eigenvalue weighted by Crippen LogP contribution is -2.55. The molecule has 9 heteroatoms. The van der Waals surface area contributed by atoms with Crippen LogP contribution in [0.5, 0.6) is 0 Å². The zero-order chi connectivity index (χ0) is 20.4. The number of aliphatic hydroxyl groups excluding tert-OH is 1. The number of carbonyl (C=O) groups excluding carboxylic acids is 1. The summed E-state index contributed by atoms with van der Waals surface area (Å²) in [4.78, 5) is 24.0. The number of ether oxygens (including phenoxy) is 2. The van der Waals surface area contributed by atoms with Crippen LogP contribution in [0.2, 0.25) is 0 Å². The number of amides is 1. The van der Waals surface area contributed by atoms with E-state index in [9.17, 15) is 9.90 Å². The van der Waals surface area contributed by atoms with Gasteiger partial charge >= 0.3 is 6.09 Å². The van der Waals surface area contributed by atoms with Crippen LogP contribution in [0.25, 0.3) is 0 Å². The Hall–Kier alpha value is -2.23. The van der Waals surface area contributed by atoms with Gasteiger partial charge in [0.25, 0.3) is 0 Å². The number of aryl methyl sites for hydroxylation is 1. The second-order valence-corrected chi connectivity index (χ2v) is 8.95. The molecule has 1 unspecified atom stereocenters. The van der Waals surface area contributed by atoms with Crippen molar-refractivity contribution < 1.29 is 19.4 Å². The summed E-state index contributed by atoms with van der Waals surface area (Å²) in [7, 11) is 0. The molecular formula is C19H26N4O4S. The van der Waals surface area contributed by atoms with Gasteiger partial charge in [-0.05, 0) is 39.8 Å². The first-order valence-electron chi connectivity index (χ1n) is 9.10. The minimum Gasteiger partial charge on any atom is -0.444 e. The van der Waals surface area contributed by atoms with Crippen LogP contribution in [0.15, 0.2) is 24.4 Å². The third-order valence-electron chi connectivity index (χ3n) is 4.17. The molecule has 0 saturated carbocycles. The molecule has 2 aromatic heterocycles. The molecule has 0 spiro atoms. The monoisotopic (exact) mass is 406 g/mol. The highest BCUT2D eigenvalue weighted by atomic mass is 32.1. The van der Waals surface area contributed by atoms with Gasteiger partial charge in [0.05, 0.1) is 25.5 Å². The summed E-state index contributed by atoms with van der Waals surface area (Å²) in [6, 6.07) is 5.44. The molecule has 1 aliphatic rings. The number of aliphatic hydroxyl groups is 1. The van der Waals surface area contributed by atoms with Crippen molar-refractivity contribution in [3.63, 3.8) is 0 Å². The van der Waals surface area contributed by atoms with E-state index in [0.717, 1.165) is 10.0 Å². The summed E-state index contributed by atoms with van der Waals surface area (Å²) in [6.07, 6.45) is 1.36. The lowest BCUT2D eigenvalue weighted by Gasteiger charge is -2.41. The van der Waals surface area contributed by atoms with Crippen LogP contribution in [0, 0.1) is 6.92 Å². The lowest BCUT2D eigenvalue weighted by molar-refractivity contribution is -0.138. The highest BCUT2D eigenvalue weighted by Crippen LogP contribution is 2.30. The summed E-state index contributed by atoms with van der Waals surface area (Å²) in [5.41, 5.74) is -1.15. The molecule has 1 amide bonds. The van der Waals surface area contributed by atoms with E-state index in [1.54, 1.807) is 17.2 Å². The molecule has 0 aliphatic carbocycles. The van der Waals surface area contributed by atoms with Gasteiger partial charge in [0, 0.05) is 17.6 Å². The fourth-order valence-corrected chi connectivity index (χ4v) is 3.55. The Bertz CT molecular complexity index is 835. The SMILES string of the molecule is Cc1cnc(Nc2cccc(C3(CO)CN(C(=O)OC(C)(C)C)CCO3)n2)s1. The number of pyridine rings is 1. The summed E-state index contributed by atoms with van der Waals surface area (Å²) in [5, 5.41) is 14.0. The smallest absolute Gasteiger partial charge is 0.410 e. The maximum absolute atomic E-state index is 12.5. The van der Waals surface area contributed by atoms with E-state index in [-0.39, 0.29) is 19.8 Å². The van der Waals surface area contributed by atoms with Gasteiger partial charge in [-0.15, -0.1) is 11.3 Å². The average molecular weight is 407 g/mol. The number of nitrogens with one attached hydrogen (secondary N) is 1. The fraction of sp³-hybridized carbons (Fsp3) is 0.526. The Kier molecular flexibility index (Phi) is 5.87. The fourth-order valence-electron chi connectivity index (χ4n) is 2.88. The van der Waals surface area contributed by atoms with Gasteiger partial charge in [0.15, 0.2) is 10.7 Å². The molecule has 3 heterocycles. The van der Waals surface area contributed by atoms with E-state index in [4.69, 9.17) is 9.47 Å². The molecule has 28 heavy (non-hydrogen) atoms. The molecule has 2 N–H and O–H groups in total. The number of aromatic nitrogens is 2. The predicted molar refractivity (Wildman–Crippen MR) is 107 cm³/mol. The molecule has 1 fully saturated rings. The maximum Gasteiger partial charge on any atom is 0.410 e. The average Bonchev–Trinajstić information content (AvgIpc) is 3.05. The van der Waals surface area contributed by atoms with Crippen molar-refractivity contribution >= 4 is 28.4 Å². The van der Waals surface area contributed by atoms with E-state index in [0.29, 0.717) is 18.1 Å². The van der Waals surface area contributed by atoms with Crippen molar-refractivity contribution in [3.8, 4) is 0 Å². The topological polar surface area (TPSA) is 96.8 Å². The number of hydrogen-bond acceptors (Lipinski definition) is 8. The van der Waals surface area contributed by atoms with E-state index in [2.05, 4.69) is 15.3 Å². The second-order valence-electron chi connectivity index (χ2n) is 7.71. The Morgan fingerprint density at radius 1 is 1.46 bits per heavy atom. The molecule has 0 bridgehead atoms. The standard InChI is InChI=1S/C19H26N4O4S/c1-13-10-20-16(28-13)22-15-7-5-6-14(21-15)19(12-24)11-23(8-9-26-19)17(25)27-18(2,3)4/h5-7,10,24H,8-9,11-12H2,1-4H3,(H,20,21,22). The molecule has 152 valence electrons. The first-order valence-corrected chi connectivity index (χ1v) is 9.92. The van der Waals surface area contributed by atoms with Gasteiger partial charge in [0.2, 0.25) is 0 Å². The zero-order valence-corrected chi connectivity index (χ0v) is 17.4. The van der Waals surface area contributed by atoms with Gasteiger partial charge in [-0.2, -0.15) is 0 Å². The van der Waals surface area contributed by atoms with E-state index >= 15 is 0 Å². The molecule has 8 nitrogen and oxygen atoms in total. The van der Waals surface area contributed by atoms with Crippen LogP contribution < -0.4 is 5.32 Å². The van der Waals surface area contributed by atoms with Crippen molar-refractivity contribution in [2.24, 2.45) is 0 Å². The number of anilines is 2. The largest absolute Gasteiger partial charge is 0.444 e. The molecule has 0 radical (unpaired) electrons. The molecular weight excluding hydrogens is 380 g/mol. The predicted octanol–water partition coefficient (Wildman–Crippen LogP) is 3.05. The molecule has 2 aromatic rings. The number of rotatable bonds is 4. The van der Waals surface area contributed by atoms with Crippen molar-refractivity contribution in [2.75, 3.05) is 31.6 Å². The van der Waals surface area contributed by atoms with Crippen molar-refractivity contribution in [2.45, 2.75) is 38.9 Å². The van der Waals surface area contributed by atoms with Gasteiger partial charge in [0.1, 0.15) is 11.4 Å². The highest BCUT2D eigenvalue weighted by molar-refractivity contribution is 7.15. The zero-order valence-electron chi connectivity index (χ0n) is 16.6. The molecule has 3 rings (SSSR count). The van der Waals surface area contributed by atoms with Crippen molar-refractivity contribution in [1.29, 1.82) is 0 Å². The van der Waals surface area contributed by atoms with Gasteiger partial charge in [-0.3, -0.25) is 0 Å². The maximum atomic E-state index is 12.5. The molecule has 0 aromatic carbocycles. The number of carbonyl (C=O) groups is 1. The van der Waals surface area contributed by atoms with Crippen molar-refractivity contribution in [1.82, 2.24) is 14.9 Å². The molecule has 1 saturated heterocycles. The van der Waals surface area contributed by atoms with Crippen LogP contribution in [0.4, 0.5) is 15.7 Å². The van der Waals surface area contributed by atoms with E-state index in [1.165, 1.54) is 11.3 Å². The second kappa shape index (κ2) is 8.02. The Labute approximate surface area is 168 Å². The lowest BCUT2D eigenvalue weighted by atomic mass is 9.97. The normalized spacial score (nSPS) is 20.1. The number of hydrogen-bond donors (Lipinski definition) is 2. The first-order chi connectivity index (χ1) is 13.2. The van der Waals surface area contributed by atoms with Crippen LogP contribution in [-0.2, 0) is 15.1 Å². The first kappa shape index (κ1) is 20.5. The van der Waals surface area contributed by atoms with Gasteiger partial charge < -0.3 is 24.8 Å². The molecule has 1 atom stereocenters. The summed E-state index contributed by atoms with van der Waals surface area (Å²) in [6.45, 7) is 7.97. The van der Waals surface area contributed by atoms with E-state index < -0.39 is 17.3 Å². The minimum atomic E-state index is -1.11. The third kappa shape index (κ3) is 4.78. The third-order valence-corrected chi connectivity index (χ3v) is 4.99. The molecule has 1 aliphatic heterocycles. The number of nitrogens with zero attached hydrogens (tertiary/aromatic N) is 3. The Morgan fingerprint density at radius 3 is 2.89 bits per heavy atom. The van der Waals surface area contributed by atoms with Crippen LogP contribution in [-0.4, -0.2) is 58.0 Å². The Morgan fingerprint density at radius 2 is 2.25 bits per heavy atom. The van der Waals surface area contributed by atoms with Gasteiger partial charge in [-0.1, -0.05) is 6.07 Å². The highest BCUT2D eigenvalue weighted by Gasteiger charge is 2.42.